The minimum absolute atomic E-state index is 0.168. The van der Waals surface area contributed by atoms with Crippen molar-refractivity contribution in [3.63, 3.8) is 0 Å². The summed E-state index contributed by atoms with van der Waals surface area (Å²) in [6.07, 6.45) is 7.54. The number of anilines is 1. The smallest absolute Gasteiger partial charge is 0.256 e. The van der Waals surface area contributed by atoms with Gasteiger partial charge in [0.05, 0.1) is 5.56 Å². The van der Waals surface area contributed by atoms with Crippen LogP contribution in [0.4, 0.5) is 5.82 Å². The van der Waals surface area contributed by atoms with Gasteiger partial charge in [0, 0.05) is 18.9 Å². The van der Waals surface area contributed by atoms with Gasteiger partial charge in [-0.15, -0.1) is 0 Å². The van der Waals surface area contributed by atoms with E-state index in [4.69, 9.17) is 5.73 Å². The molecule has 2 heterocycles. The monoisotopic (exact) mass is 299 g/mol. The van der Waals surface area contributed by atoms with Crippen LogP contribution in [-0.2, 0) is 0 Å². The Morgan fingerprint density at radius 1 is 1.23 bits per heavy atom. The van der Waals surface area contributed by atoms with Gasteiger partial charge in [0.1, 0.15) is 11.5 Å². The quantitative estimate of drug-likeness (QED) is 0.766. The first-order valence-electron chi connectivity index (χ1n) is 7.54. The molecule has 0 aliphatic heterocycles. The van der Waals surface area contributed by atoms with E-state index in [0.717, 1.165) is 12.8 Å². The molecule has 0 saturated carbocycles. The van der Waals surface area contributed by atoms with Crippen LogP contribution in [0.1, 0.15) is 43.0 Å². The number of nitrogen functional groups attached to an aromatic ring is 1. The summed E-state index contributed by atoms with van der Waals surface area (Å²) in [5.74, 6) is 0.348. The molecule has 0 fully saturated rings. The van der Waals surface area contributed by atoms with Crippen LogP contribution in [0.2, 0.25) is 0 Å². The van der Waals surface area contributed by atoms with E-state index in [0.29, 0.717) is 23.6 Å². The van der Waals surface area contributed by atoms with Gasteiger partial charge < -0.3 is 11.1 Å². The van der Waals surface area contributed by atoms with Crippen LogP contribution in [0, 0.1) is 0 Å². The van der Waals surface area contributed by atoms with Crippen LogP contribution in [-0.4, -0.2) is 27.4 Å². The van der Waals surface area contributed by atoms with Crippen molar-refractivity contribution in [3.05, 3.63) is 36.2 Å². The highest BCUT2D eigenvalue weighted by atomic mass is 16.1. The van der Waals surface area contributed by atoms with Gasteiger partial charge in [-0.05, 0) is 18.6 Å². The van der Waals surface area contributed by atoms with E-state index in [1.807, 2.05) is 12.1 Å². The highest BCUT2D eigenvalue weighted by Gasteiger charge is 2.13. The predicted octanol–water partition coefficient (Wildman–Crippen LogP) is 2.43. The molecule has 2 rings (SSSR count). The number of hydrogen-bond donors (Lipinski definition) is 2. The average molecular weight is 299 g/mol. The molecule has 0 aliphatic carbocycles. The van der Waals surface area contributed by atoms with Crippen molar-refractivity contribution in [1.82, 2.24) is 20.3 Å². The molecule has 0 bridgehead atoms. The summed E-state index contributed by atoms with van der Waals surface area (Å²) in [5, 5.41) is 2.84. The zero-order valence-corrected chi connectivity index (χ0v) is 12.7. The Morgan fingerprint density at radius 2 is 2.09 bits per heavy atom. The van der Waals surface area contributed by atoms with Gasteiger partial charge in [-0.3, -0.25) is 9.78 Å². The van der Waals surface area contributed by atoms with Crippen LogP contribution < -0.4 is 11.1 Å². The number of nitrogens with zero attached hydrogens (tertiary/aromatic N) is 3. The molecule has 6 nitrogen and oxygen atoms in total. The Bertz CT molecular complexity index is 615. The zero-order chi connectivity index (χ0) is 15.8. The van der Waals surface area contributed by atoms with Crippen molar-refractivity contribution < 1.29 is 4.79 Å². The molecule has 116 valence electrons. The normalized spacial score (nSPS) is 10.4. The Morgan fingerprint density at radius 3 is 2.77 bits per heavy atom. The number of pyridine rings is 1. The van der Waals surface area contributed by atoms with Crippen LogP contribution in [0.15, 0.2) is 30.6 Å². The second-order valence-corrected chi connectivity index (χ2v) is 5.02. The summed E-state index contributed by atoms with van der Waals surface area (Å²) in [6, 6.07) is 5.45. The van der Waals surface area contributed by atoms with Crippen molar-refractivity contribution in [2.75, 3.05) is 12.3 Å². The Balaban J connectivity index is 1.99. The maximum atomic E-state index is 12.1. The lowest BCUT2D eigenvalue weighted by Crippen LogP contribution is -2.26. The minimum Gasteiger partial charge on any atom is -0.383 e. The third-order valence-electron chi connectivity index (χ3n) is 3.27. The molecule has 2 aromatic heterocycles. The summed E-state index contributed by atoms with van der Waals surface area (Å²) in [5.41, 5.74) is 6.80. The van der Waals surface area contributed by atoms with Crippen LogP contribution in [0.5, 0.6) is 0 Å². The highest BCUT2D eigenvalue weighted by Crippen LogP contribution is 2.15. The molecule has 0 atom stereocenters. The maximum absolute atomic E-state index is 12.1. The number of rotatable bonds is 7. The number of hydrogen-bond acceptors (Lipinski definition) is 5. The van der Waals surface area contributed by atoms with Crippen LogP contribution in [0.3, 0.4) is 0 Å². The molecule has 0 aromatic carbocycles. The number of unbranched alkanes of at least 4 members (excludes halogenated alkanes) is 3. The number of amides is 1. The van der Waals surface area contributed by atoms with Crippen molar-refractivity contribution in [2.45, 2.75) is 32.6 Å². The lowest BCUT2D eigenvalue weighted by Gasteiger charge is -2.07. The number of aromatic nitrogens is 3. The topological polar surface area (TPSA) is 93.8 Å². The van der Waals surface area contributed by atoms with E-state index in [-0.39, 0.29) is 11.7 Å². The first-order valence-corrected chi connectivity index (χ1v) is 7.54. The fourth-order valence-electron chi connectivity index (χ4n) is 2.04. The minimum atomic E-state index is -0.235. The third kappa shape index (κ3) is 4.25. The molecule has 0 aliphatic rings. The van der Waals surface area contributed by atoms with E-state index in [1.165, 1.54) is 19.0 Å². The molecule has 2 aromatic rings. The third-order valence-corrected chi connectivity index (χ3v) is 3.27. The molecule has 6 heteroatoms. The van der Waals surface area contributed by atoms with E-state index >= 15 is 0 Å². The van der Waals surface area contributed by atoms with E-state index in [1.54, 1.807) is 12.3 Å². The maximum Gasteiger partial charge on any atom is 0.256 e. The second kappa shape index (κ2) is 8.07. The largest absolute Gasteiger partial charge is 0.383 e. The van der Waals surface area contributed by atoms with E-state index < -0.39 is 0 Å². The van der Waals surface area contributed by atoms with Gasteiger partial charge in [-0.2, -0.15) is 0 Å². The van der Waals surface area contributed by atoms with Gasteiger partial charge in [0.2, 0.25) is 0 Å². The molecule has 0 spiro atoms. The molecule has 22 heavy (non-hydrogen) atoms. The predicted molar refractivity (Wildman–Crippen MR) is 86.2 cm³/mol. The molecule has 0 unspecified atom stereocenters. The Labute approximate surface area is 130 Å². The van der Waals surface area contributed by atoms with Gasteiger partial charge >= 0.3 is 0 Å². The first kappa shape index (κ1) is 15.9. The lowest BCUT2D eigenvalue weighted by molar-refractivity contribution is 0.0953. The zero-order valence-electron chi connectivity index (χ0n) is 12.7. The molecular formula is C16H21N5O. The lowest BCUT2D eigenvalue weighted by atomic mass is 10.2. The fourth-order valence-corrected chi connectivity index (χ4v) is 2.04. The summed E-state index contributed by atoms with van der Waals surface area (Å²) in [4.78, 5) is 24.6. The SMILES string of the molecule is CCCCCCNC(=O)c1cnc(-c2ccccn2)nc1N. The summed E-state index contributed by atoms with van der Waals surface area (Å²) in [7, 11) is 0. The van der Waals surface area contributed by atoms with Crippen LogP contribution in [0.25, 0.3) is 11.5 Å². The summed E-state index contributed by atoms with van der Waals surface area (Å²) < 4.78 is 0. The van der Waals surface area contributed by atoms with Crippen LogP contribution >= 0.6 is 0 Å². The molecule has 1 amide bonds. The van der Waals surface area contributed by atoms with Gasteiger partial charge in [-0.25, -0.2) is 9.97 Å². The molecule has 0 saturated heterocycles. The van der Waals surface area contributed by atoms with E-state index in [9.17, 15) is 4.79 Å². The van der Waals surface area contributed by atoms with Crippen molar-refractivity contribution in [3.8, 4) is 11.5 Å². The Hall–Kier alpha value is -2.50. The fraction of sp³-hybridized carbons (Fsp3) is 0.375. The van der Waals surface area contributed by atoms with Crippen molar-refractivity contribution >= 4 is 11.7 Å². The molecular weight excluding hydrogens is 278 g/mol. The Kier molecular flexibility index (Phi) is 5.82. The summed E-state index contributed by atoms with van der Waals surface area (Å²) in [6.45, 7) is 2.79. The number of carbonyl (C=O) groups is 1. The number of nitrogens with one attached hydrogen (secondary N) is 1. The number of carbonyl (C=O) groups excluding carboxylic acids is 1. The van der Waals surface area contributed by atoms with Gasteiger partial charge in [0.15, 0.2) is 5.82 Å². The molecule has 0 radical (unpaired) electrons. The number of nitrogens with two attached hydrogens (primary N) is 1. The van der Waals surface area contributed by atoms with Crippen molar-refractivity contribution in [1.29, 1.82) is 0 Å². The second-order valence-electron chi connectivity index (χ2n) is 5.02. The first-order chi connectivity index (χ1) is 10.7. The van der Waals surface area contributed by atoms with Gasteiger partial charge in [-0.1, -0.05) is 32.3 Å². The summed E-state index contributed by atoms with van der Waals surface area (Å²) >= 11 is 0. The van der Waals surface area contributed by atoms with Gasteiger partial charge in [0.25, 0.3) is 5.91 Å². The highest BCUT2D eigenvalue weighted by molar-refractivity contribution is 5.98. The average Bonchev–Trinajstić information content (AvgIpc) is 2.55. The van der Waals surface area contributed by atoms with E-state index in [2.05, 4.69) is 27.2 Å². The standard InChI is InChI=1S/C16H21N5O/c1-2-3-4-6-10-19-16(22)12-11-20-15(21-14(12)17)13-8-5-7-9-18-13/h5,7-9,11H,2-4,6,10H2,1H3,(H,19,22)(H2,17,20,21). The van der Waals surface area contributed by atoms with Crippen molar-refractivity contribution in [2.24, 2.45) is 0 Å². The molecule has 3 N–H and O–H groups in total.